The molecule has 6 heteroatoms. The molecule has 0 aliphatic carbocycles. The fourth-order valence-electron chi connectivity index (χ4n) is 2.24. The average molecular weight is 336 g/mol. The molecule has 3 aromatic rings. The second-order valence-corrected chi connectivity index (χ2v) is 6.17. The molecule has 0 unspecified atom stereocenters. The van der Waals surface area contributed by atoms with E-state index in [0.717, 1.165) is 22.3 Å². The second-order valence-electron chi connectivity index (χ2n) is 5.10. The summed E-state index contributed by atoms with van der Waals surface area (Å²) in [7, 11) is 0. The average Bonchev–Trinajstić information content (AvgIpc) is 3.08. The van der Waals surface area contributed by atoms with Gasteiger partial charge in [0.1, 0.15) is 12.1 Å². The topological polar surface area (TPSA) is 63.7 Å². The lowest BCUT2D eigenvalue weighted by molar-refractivity contribution is 0.344. The van der Waals surface area contributed by atoms with Gasteiger partial charge < -0.3 is 4.74 Å². The molecular formula is C18H16N4OS. The van der Waals surface area contributed by atoms with Gasteiger partial charge in [-0.2, -0.15) is 5.26 Å². The van der Waals surface area contributed by atoms with Crippen molar-refractivity contribution >= 4 is 11.8 Å². The van der Waals surface area contributed by atoms with Gasteiger partial charge in [-0.15, -0.1) is 10.2 Å². The number of ether oxygens (including phenoxy) is 1. The van der Waals surface area contributed by atoms with Crippen LogP contribution in [0.2, 0.25) is 0 Å². The number of para-hydroxylation sites is 1. The molecule has 3 rings (SSSR count). The minimum absolute atomic E-state index is 0.553. The van der Waals surface area contributed by atoms with Gasteiger partial charge in [-0.05, 0) is 42.8 Å². The van der Waals surface area contributed by atoms with E-state index >= 15 is 0 Å². The Bertz CT molecular complexity index is 852. The number of aryl methyl sites for hydroxylation is 1. The first-order chi connectivity index (χ1) is 11.8. The quantitative estimate of drug-likeness (QED) is 0.508. The van der Waals surface area contributed by atoms with Crippen molar-refractivity contribution in [1.82, 2.24) is 14.8 Å². The van der Waals surface area contributed by atoms with Crippen molar-refractivity contribution in [3.8, 4) is 17.5 Å². The van der Waals surface area contributed by atoms with Crippen LogP contribution in [-0.2, 0) is 0 Å². The van der Waals surface area contributed by atoms with Crippen LogP contribution in [0.1, 0.15) is 11.1 Å². The number of rotatable bonds is 6. The summed E-state index contributed by atoms with van der Waals surface area (Å²) in [5.74, 6) is 1.51. The van der Waals surface area contributed by atoms with Gasteiger partial charge in [0.25, 0.3) is 0 Å². The molecular weight excluding hydrogens is 320 g/mol. The maximum atomic E-state index is 8.78. The van der Waals surface area contributed by atoms with E-state index in [2.05, 4.69) is 35.3 Å². The molecule has 1 heterocycles. The van der Waals surface area contributed by atoms with Gasteiger partial charge in [0.2, 0.25) is 0 Å². The zero-order chi connectivity index (χ0) is 16.8. The fraction of sp³-hybridized carbons (Fsp3) is 0.167. The molecule has 0 bridgehead atoms. The zero-order valence-corrected chi connectivity index (χ0v) is 14.0. The van der Waals surface area contributed by atoms with Crippen LogP contribution in [0.3, 0.4) is 0 Å². The molecule has 1 aromatic heterocycles. The highest BCUT2D eigenvalue weighted by molar-refractivity contribution is 7.99. The molecule has 5 nitrogen and oxygen atoms in total. The minimum atomic E-state index is 0.553. The summed E-state index contributed by atoms with van der Waals surface area (Å²) in [4.78, 5) is 0. The summed E-state index contributed by atoms with van der Waals surface area (Å²) in [6.07, 6.45) is 1.73. The van der Waals surface area contributed by atoms with Crippen molar-refractivity contribution in [1.29, 1.82) is 5.26 Å². The highest BCUT2D eigenvalue weighted by Gasteiger charge is 2.08. The van der Waals surface area contributed by atoms with Crippen molar-refractivity contribution in [3.63, 3.8) is 0 Å². The van der Waals surface area contributed by atoms with Gasteiger partial charge in [0.05, 0.1) is 23.9 Å². The van der Waals surface area contributed by atoms with Crippen LogP contribution in [0, 0.1) is 18.3 Å². The van der Waals surface area contributed by atoms with Crippen LogP contribution in [0.5, 0.6) is 5.75 Å². The standard InChI is InChI=1S/C18H16N4OS/c1-14-4-2-3-5-17(14)22-13-20-21-18(22)24-11-10-23-16-8-6-15(12-19)7-9-16/h2-9,13H,10-11H2,1H3. The predicted octanol–water partition coefficient (Wildman–Crippen LogP) is 3.62. The van der Waals surface area contributed by atoms with Gasteiger partial charge in [-0.3, -0.25) is 4.57 Å². The van der Waals surface area contributed by atoms with Crippen LogP contribution >= 0.6 is 11.8 Å². The Morgan fingerprint density at radius 2 is 1.96 bits per heavy atom. The van der Waals surface area contributed by atoms with Crippen LogP contribution in [-0.4, -0.2) is 27.1 Å². The van der Waals surface area contributed by atoms with E-state index in [1.165, 1.54) is 5.56 Å². The Morgan fingerprint density at radius 3 is 2.71 bits per heavy atom. The Morgan fingerprint density at radius 1 is 1.17 bits per heavy atom. The lowest BCUT2D eigenvalue weighted by Gasteiger charge is -2.09. The smallest absolute Gasteiger partial charge is 0.195 e. The maximum Gasteiger partial charge on any atom is 0.195 e. The number of hydrogen-bond acceptors (Lipinski definition) is 5. The molecule has 0 aliphatic rings. The van der Waals surface area contributed by atoms with Gasteiger partial charge in [-0.25, -0.2) is 0 Å². The van der Waals surface area contributed by atoms with Crippen molar-refractivity contribution in [2.24, 2.45) is 0 Å². The van der Waals surface area contributed by atoms with Crippen LogP contribution in [0.4, 0.5) is 0 Å². The van der Waals surface area contributed by atoms with Gasteiger partial charge in [0, 0.05) is 5.75 Å². The third kappa shape index (κ3) is 3.76. The van der Waals surface area contributed by atoms with Gasteiger partial charge in [0.15, 0.2) is 5.16 Å². The number of benzene rings is 2. The molecule has 2 aromatic carbocycles. The zero-order valence-electron chi connectivity index (χ0n) is 13.2. The Labute approximate surface area is 144 Å². The third-order valence-corrected chi connectivity index (χ3v) is 4.37. The number of nitriles is 1. The lowest BCUT2D eigenvalue weighted by Crippen LogP contribution is -2.03. The largest absolute Gasteiger partial charge is 0.493 e. The molecule has 0 saturated carbocycles. The normalized spacial score (nSPS) is 10.3. The van der Waals surface area contributed by atoms with E-state index in [1.807, 2.05) is 16.7 Å². The van der Waals surface area contributed by atoms with Gasteiger partial charge >= 0.3 is 0 Å². The first kappa shape index (κ1) is 16.1. The molecule has 0 amide bonds. The molecule has 120 valence electrons. The summed E-state index contributed by atoms with van der Waals surface area (Å²) >= 11 is 1.60. The van der Waals surface area contributed by atoms with Crippen LogP contribution < -0.4 is 4.74 Å². The van der Waals surface area contributed by atoms with Crippen molar-refractivity contribution in [2.75, 3.05) is 12.4 Å². The van der Waals surface area contributed by atoms with Crippen molar-refractivity contribution in [3.05, 3.63) is 66.0 Å². The van der Waals surface area contributed by atoms with E-state index in [4.69, 9.17) is 10.00 Å². The molecule has 0 fully saturated rings. The van der Waals surface area contributed by atoms with E-state index in [1.54, 1.807) is 42.4 Å². The summed E-state index contributed by atoms with van der Waals surface area (Å²) in [6.45, 7) is 2.62. The highest BCUT2D eigenvalue weighted by Crippen LogP contribution is 2.22. The molecule has 24 heavy (non-hydrogen) atoms. The number of hydrogen-bond donors (Lipinski definition) is 0. The number of aromatic nitrogens is 3. The predicted molar refractivity (Wildman–Crippen MR) is 93.5 cm³/mol. The Balaban J connectivity index is 1.57. The first-order valence-electron chi connectivity index (χ1n) is 7.50. The number of nitrogens with zero attached hydrogens (tertiary/aromatic N) is 4. The Kier molecular flexibility index (Phi) is 5.14. The molecule has 0 radical (unpaired) electrons. The van der Waals surface area contributed by atoms with Crippen molar-refractivity contribution in [2.45, 2.75) is 12.1 Å². The summed E-state index contributed by atoms with van der Waals surface area (Å²) < 4.78 is 7.67. The maximum absolute atomic E-state index is 8.78. The van der Waals surface area contributed by atoms with Crippen molar-refractivity contribution < 1.29 is 4.74 Å². The van der Waals surface area contributed by atoms with E-state index in [9.17, 15) is 0 Å². The van der Waals surface area contributed by atoms with E-state index < -0.39 is 0 Å². The SMILES string of the molecule is Cc1ccccc1-n1cnnc1SCCOc1ccc(C#N)cc1. The monoisotopic (exact) mass is 336 g/mol. The van der Waals surface area contributed by atoms with Gasteiger partial charge in [-0.1, -0.05) is 30.0 Å². The minimum Gasteiger partial charge on any atom is -0.493 e. The molecule has 0 atom stereocenters. The fourth-order valence-corrected chi connectivity index (χ4v) is 2.98. The summed E-state index contributed by atoms with van der Waals surface area (Å²) in [5, 5.41) is 17.8. The molecule has 0 spiro atoms. The summed E-state index contributed by atoms with van der Waals surface area (Å²) in [5.41, 5.74) is 2.88. The van der Waals surface area contributed by atoms with E-state index in [-0.39, 0.29) is 0 Å². The highest BCUT2D eigenvalue weighted by atomic mass is 32.2. The third-order valence-electron chi connectivity index (χ3n) is 3.46. The van der Waals surface area contributed by atoms with Crippen LogP contribution in [0.25, 0.3) is 5.69 Å². The van der Waals surface area contributed by atoms with E-state index in [0.29, 0.717) is 12.2 Å². The van der Waals surface area contributed by atoms with Crippen LogP contribution in [0.15, 0.2) is 60.0 Å². The lowest BCUT2D eigenvalue weighted by atomic mass is 10.2. The molecule has 0 saturated heterocycles. The molecule has 0 N–H and O–H groups in total. The molecule has 0 aliphatic heterocycles. The Hall–Kier alpha value is -2.78. The summed E-state index contributed by atoms with van der Waals surface area (Å²) in [6, 6.07) is 17.3. The number of thioether (sulfide) groups is 1. The second kappa shape index (κ2) is 7.66. The first-order valence-corrected chi connectivity index (χ1v) is 8.48.